The van der Waals surface area contributed by atoms with Crippen LogP contribution in [0.1, 0.15) is 30.9 Å². The number of hydrogen-bond donors (Lipinski definition) is 0. The smallest absolute Gasteiger partial charge is 0.261 e. The fourth-order valence-electron chi connectivity index (χ4n) is 5.13. The Hall–Kier alpha value is -1.53. The SMILES string of the molecule is Cn1ccnc1-c1ccc2n(c1=O)C[C@H]1C[C@@H]2CN(C2CCSCC2)C1. The van der Waals surface area contributed by atoms with E-state index in [-0.39, 0.29) is 5.56 Å². The summed E-state index contributed by atoms with van der Waals surface area (Å²) in [5, 5.41) is 0. The number of likely N-dealkylation sites (tertiary alicyclic amines) is 1. The van der Waals surface area contributed by atoms with E-state index in [2.05, 4.69) is 32.3 Å². The van der Waals surface area contributed by atoms with Crippen molar-refractivity contribution in [1.82, 2.24) is 19.0 Å². The first-order chi connectivity index (χ1) is 12.7. The fraction of sp³-hybridized carbons (Fsp3) is 0.600. The lowest BCUT2D eigenvalue weighted by atomic mass is 9.82. The molecule has 3 aliphatic rings. The van der Waals surface area contributed by atoms with Crippen LogP contribution in [0.25, 0.3) is 11.4 Å². The molecule has 2 aromatic rings. The number of aromatic nitrogens is 3. The number of rotatable bonds is 2. The molecular formula is C20H26N4OS. The Bertz CT molecular complexity index is 867. The third kappa shape index (κ3) is 2.74. The summed E-state index contributed by atoms with van der Waals surface area (Å²) in [6.45, 7) is 3.14. The van der Waals surface area contributed by atoms with Gasteiger partial charge in [-0.25, -0.2) is 4.98 Å². The van der Waals surface area contributed by atoms with Crippen molar-refractivity contribution in [1.29, 1.82) is 0 Å². The molecule has 0 aliphatic carbocycles. The van der Waals surface area contributed by atoms with Crippen molar-refractivity contribution in [3.63, 3.8) is 0 Å². The highest BCUT2D eigenvalue weighted by Crippen LogP contribution is 2.38. The molecule has 3 aliphatic heterocycles. The second-order valence-electron chi connectivity index (χ2n) is 8.05. The fourth-order valence-corrected chi connectivity index (χ4v) is 6.21. The first-order valence-corrected chi connectivity index (χ1v) is 10.9. The van der Waals surface area contributed by atoms with Gasteiger partial charge >= 0.3 is 0 Å². The molecule has 0 aromatic carbocycles. The van der Waals surface area contributed by atoms with E-state index in [1.165, 1.54) is 36.5 Å². The lowest BCUT2D eigenvalue weighted by Gasteiger charge is -2.46. The van der Waals surface area contributed by atoms with Crippen LogP contribution < -0.4 is 5.56 Å². The van der Waals surface area contributed by atoms with E-state index in [9.17, 15) is 4.79 Å². The van der Waals surface area contributed by atoms with E-state index >= 15 is 0 Å². The lowest BCUT2D eigenvalue weighted by molar-refractivity contribution is 0.0775. The maximum atomic E-state index is 13.2. The molecule has 0 saturated carbocycles. The number of nitrogens with zero attached hydrogens (tertiary/aromatic N) is 4. The Kier molecular flexibility index (Phi) is 4.20. The molecule has 2 saturated heterocycles. The highest BCUT2D eigenvalue weighted by atomic mass is 32.2. The predicted octanol–water partition coefficient (Wildman–Crippen LogP) is 2.56. The second kappa shape index (κ2) is 6.57. The van der Waals surface area contributed by atoms with Crippen LogP contribution in [0.2, 0.25) is 0 Å². The van der Waals surface area contributed by atoms with Gasteiger partial charge in [-0.1, -0.05) is 0 Å². The molecule has 0 radical (unpaired) electrons. The minimum Gasteiger partial charge on any atom is -0.334 e. The van der Waals surface area contributed by atoms with Crippen molar-refractivity contribution in [2.75, 3.05) is 24.6 Å². The van der Waals surface area contributed by atoms with Gasteiger partial charge in [0.2, 0.25) is 0 Å². The second-order valence-corrected chi connectivity index (χ2v) is 9.27. The number of aryl methyl sites for hydroxylation is 1. The zero-order chi connectivity index (χ0) is 17.7. The van der Waals surface area contributed by atoms with Gasteiger partial charge in [0.15, 0.2) is 0 Å². The Morgan fingerprint density at radius 3 is 2.77 bits per heavy atom. The summed E-state index contributed by atoms with van der Waals surface area (Å²) in [7, 11) is 1.95. The molecule has 0 spiro atoms. The van der Waals surface area contributed by atoms with E-state index in [1.54, 1.807) is 6.20 Å². The lowest BCUT2D eigenvalue weighted by Crippen LogP contribution is -2.51. The largest absolute Gasteiger partial charge is 0.334 e. The van der Waals surface area contributed by atoms with Gasteiger partial charge in [-0.2, -0.15) is 11.8 Å². The highest BCUT2D eigenvalue weighted by molar-refractivity contribution is 7.99. The molecule has 2 atom stereocenters. The van der Waals surface area contributed by atoms with Gasteiger partial charge in [-0.05, 0) is 48.8 Å². The third-order valence-corrected chi connectivity index (χ3v) is 7.45. The third-order valence-electron chi connectivity index (χ3n) is 6.40. The monoisotopic (exact) mass is 370 g/mol. The van der Waals surface area contributed by atoms with Gasteiger partial charge in [0.05, 0.1) is 5.56 Å². The predicted molar refractivity (Wildman–Crippen MR) is 106 cm³/mol. The minimum absolute atomic E-state index is 0.133. The molecule has 0 N–H and O–H groups in total. The number of thioether (sulfide) groups is 1. The summed E-state index contributed by atoms with van der Waals surface area (Å²) >= 11 is 2.10. The molecule has 2 aromatic heterocycles. The topological polar surface area (TPSA) is 43.1 Å². The Morgan fingerprint density at radius 2 is 2.00 bits per heavy atom. The summed E-state index contributed by atoms with van der Waals surface area (Å²) in [5.74, 6) is 4.48. The van der Waals surface area contributed by atoms with Crippen LogP contribution in [0.15, 0.2) is 29.3 Å². The van der Waals surface area contributed by atoms with Crippen molar-refractivity contribution in [2.45, 2.75) is 37.8 Å². The van der Waals surface area contributed by atoms with E-state index in [4.69, 9.17) is 0 Å². The van der Waals surface area contributed by atoms with Crippen molar-refractivity contribution in [3.05, 3.63) is 40.6 Å². The van der Waals surface area contributed by atoms with Crippen molar-refractivity contribution in [3.8, 4) is 11.4 Å². The first-order valence-electron chi connectivity index (χ1n) is 9.74. The van der Waals surface area contributed by atoms with Gasteiger partial charge in [0.25, 0.3) is 5.56 Å². The van der Waals surface area contributed by atoms with Crippen LogP contribution in [0.3, 0.4) is 0 Å². The van der Waals surface area contributed by atoms with Crippen molar-refractivity contribution < 1.29 is 0 Å². The molecule has 0 unspecified atom stereocenters. The quantitative estimate of drug-likeness (QED) is 0.815. The average molecular weight is 371 g/mol. The maximum Gasteiger partial charge on any atom is 0.261 e. The van der Waals surface area contributed by atoms with Crippen molar-refractivity contribution >= 4 is 11.8 Å². The molecule has 2 fully saturated rings. The van der Waals surface area contributed by atoms with Gasteiger partial charge in [-0.3, -0.25) is 9.69 Å². The van der Waals surface area contributed by atoms with Crippen LogP contribution in [-0.2, 0) is 13.6 Å². The number of pyridine rings is 1. The van der Waals surface area contributed by atoms with E-state index in [0.717, 1.165) is 37.1 Å². The number of fused-ring (bicyclic) bond motifs is 4. The Labute approximate surface area is 158 Å². The van der Waals surface area contributed by atoms with Crippen LogP contribution >= 0.6 is 11.8 Å². The maximum absolute atomic E-state index is 13.2. The standard InChI is InChI=1S/C20H26N4OS/c1-22-7-6-21-19(22)17-2-3-18-15-10-14(12-24(18)20(17)25)11-23(13-15)16-4-8-26-9-5-16/h2-3,6-7,14-16H,4-5,8-13H2,1H3/t14-,15+/m0/s1. The molecule has 2 bridgehead atoms. The van der Waals surface area contributed by atoms with Crippen LogP contribution in [0.4, 0.5) is 0 Å². The number of piperidine rings is 1. The van der Waals surface area contributed by atoms with Gasteiger partial charge in [-0.15, -0.1) is 0 Å². The molecule has 138 valence electrons. The molecule has 6 heteroatoms. The first kappa shape index (κ1) is 16.6. The van der Waals surface area contributed by atoms with Gasteiger partial charge in [0, 0.05) is 56.7 Å². The Balaban J connectivity index is 1.47. The number of imidazole rings is 1. The number of hydrogen-bond acceptors (Lipinski definition) is 4. The molecule has 26 heavy (non-hydrogen) atoms. The van der Waals surface area contributed by atoms with E-state index in [0.29, 0.717) is 11.8 Å². The van der Waals surface area contributed by atoms with Crippen LogP contribution in [0, 0.1) is 5.92 Å². The summed E-state index contributed by atoms with van der Waals surface area (Å²) in [5.41, 5.74) is 2.09. The van der Waals surface area contributed by atoms with Crippen molar-refractivity contribution in [2.24, 2.45) is 13.0 Å². The van der Waals surface area contributed by atoms with Gasteiger partial charge < -0.3 is 9.13 Å². The van der Waals surface area contributed by atoms with Crippen LogP contribution in [-0.4, -0.2) is 49.7 Å². The van der Waals surface area contributed by atoms with E-state index in [1.807, 2.05) is 23.9 Å². The summed E-state index contributed by atoms with van der Waals surface area (Å²) in [6, 6.07) is 4.94. The van der Waals surface area contributed by atoms with Crippen LogP contribution in [0.5, 0.6) is 0 Å². The zero-order valence-electron chi connectivity index (χ0n) is 15.3. The van der Waals surface area contributed by atoms with Gasteiger partial charge in [0.1, 0.15) is 5.82 Å². The highest BCUT2D eigenvalue weighted by Gasteiger charge is 2.37. The molecule has 5 nitrogen and oxygen atoms in total. The molecule has 5 heterocycles. The summed E-state index contributed by atoms with van der Waals surface area (Å²) in [6.07, 6.45) is 7.55. The average Bonchev–Trinajstić information content (AvgIpc) is 3.09. The molecule has 0 amide bonds. The van der Waals surface area contributed by atoms with E-state index < -0.39 is 0 Å². The summed E-state index contributed by atoms with van der Waals surface area (Å²) in [4.78, 5) is 20.3. The zero-order valence-corrected chi connectivity index (χ0v) is 16.1. The molecule has 5 rings (SSSR count). The Morgan fingerprint density at radius 1 is 1.15 bits per heavy atom. The normalized spacial score (nSPS) is 26.7. The summed E-state index contributed by atoms with van der Waals surface area (Å²) < 4.78 is 3.98. The minimum atomic E-state index is 0.133. The molecular weight excluding hydrogens is 344 g/mol.